The van der Waals surface area contributed by atoms with Crippen molar-refractivity contribution in [1.29, 1.82) is 0 Å². The van der Waals surface area contributed by atoms with Crippen LogP contribution in [0.3, 0.4) is 0 Å². The highest BCUT2D eigenvalue weighted by Gasteiger charge is 2.24. The van der Waals surface area contributed by atoms with E-state index in [1.54, 1.807) is 11.3 Å². The van der Waals surface area contributed by atoms with Crippen molar-refractivity contribution in [1.82, 2.24) is 15.2 Å². The third-order valence-corrected chi connectivity index (χ3v) is 4.51. The van der Waals surface area contributed by atoms with Gasteiger partial charge in [-0.15, -0.1) is 11.3 Å². The van der Waals surface area contributed by atoms with E-state index in [1.807, 2.05) is 5.51 Å². The average Bonchev–Trinajstić information content (AvgIpc) is 3.01. The molecular formula is C14H25N3S. The van der Waals surface area contributed by atoms with Gasteiger partial charge < -0.3 is 5.32 Å². The molecule has 4 heteroatoms. The van der Waals surface area contributed by atoms with Crippen LogP contribution in [0.5, 0.6) is 0 Å². The van der Waals surface area contributed by atoms with Gasteiger partial charge in [0, 0.05) is 24.0 Å². The molecule has 0 amide bonds. The molecule has 1 aromatic rings. The molecule has 0 aliphatic carbocycles. The first-order chi connectivity index (χ1) is 8.68. The highest BCUT2D eigenvalue weighted by atomic mass is 32.1. The number of hydrogen-bond acceptors (Lipinski definition) is 4. The van der Waals surface area contributed by atoms with Crippen molar-refractivity contribution in [2.24, 2.45) is 5.92 Å². The number of likely N-dealkylation sites (tertiary alicyclic amines) is 1. The summed E-state index contributed by atoms with van der Waals surface area (Å²) in [6.07, 6.45) is 2.73. The molecule has 0 aromatic carbocycles. The molecule has 1 fully saturated rings. The fraction of sp³-hybridized carbons (Fsp3) is 0.786. The number of rotatable bonds is 6. The molecule has 1 aromatic heterocycles. The summed E-state index contributed by atoms with van der Waals surface area (Å²) < 4.78 is 0. The molecule has 102 valence electrons. The molecule has 2 heterocycles. The molecule has 1 aliphatic heterocycles. The quantitative estimate of drug-likeness (QED) is 0.859. The van der Waals surface area contributed by atoms with Gasteiger partial charge in [0.1, 0.15) is 0 Å². The molecule has 1 saturated heterocycles. The van der Waals surface area contributed by atoms with E-state index in [2.05, 4.69) is 41.4 Å². The topological polar surface area (TPSA) is 28.2 Å². The Bertz CT molecular complexity index is 331. The van der Waals surface area contributed by atoms with Gasteiger partial charge in [0.25, 0.3) is 0 Å². The van der Waals surface area contributed by atoms with Gasteiger partial charge in [0.2, 0.25) is 0 Å². The Balaban J connectivity index is 1.85. The maximum absolute atomic E-state index is 4.38. The van der Waals surface area contributed by atoms with E-state index < -0.39 is 0 Å². The Morgan fingerprint density at radius 2 is 2.06 bits per heavy atom. The van der Waals surface area contributed by atoms with E-state index >= 15 is 0 Å². The lowest BCUT2D eigenvalue weighted by molar-refractivity contribution is 0.182. The summed E-state index contributed by atoms with van der Waals surface area (Å²) in [5, 5.41) is 5.78. The maximum atomic E-state index is 4.38. The first kappa shape index (κ1) is 14.0. The van der Waals surface area contributed by atoms with E-state index in [0.717, 1.165) is 6.54 Å². The summed E-state index contributed by atoms with van der Waals surface area (Å²) in [6.45, 7) is 10.5. The lowest BCUT2D eigenvalue weighted by Crippen LogP contribution is -2.44. The monoisotopic (exact) mass is 267 g/mol. The van der Waals surface area contributed by atoms with Crippen LogP contribution < -0.4 is 5.32 Å². The van der Waals surface area contributed by atoms with Crippen molar-refractivity contribution in [2.45, 2.75) is 45.7 Å². The smallest absolute Gasteiger partial charge is 0.0795 e. The van der Waals surface area contributed by atoms with Crippen molar-refractivity contribution in [2.75, 3.05) is 19.6 Å². The highest BCUT2D eigenvalue weighted by Crippen LogP contribution is 2.18. The predicted octanol–water partition coefficient (Wildman–Crippen LogP) is 2.91. The molecule has 0 saturated carbocycles. The van der Waals surface area contributed by atoms with E-state index in [-0.39, 0.29) is 0 Å². The van der Waals surface area contributed by atoms with Crippen LogP contribution in [0.1, 0.15) is 45.3 Å². The lowest BCUT2D eigenvalue weighted by Gasteiger charge is -2.32. The van der Waals surface area contributed by atoms with Gasteiger partial charge in [-0.25, -0.2) is 4.98 Å². The van der Waals surface area contributed by atoms with Crippen LogP contribution >= 0.6 is 11.3 Å². The summed E-state index contributed by atoms with van der Waals surface area (Å²) in [6, 6.07) is 1.02. The minimum Gasteiger partial charge on any atom is -0.307 e. The van der Waals surface area contributed by atoms with Crippen LogP contribution in [-0.2, 0) is 0 Å². The first-order valence-electron chi connectivity index (χ1n) is 7.04. The van der Waals surface area contributed by atoms with Crippen LogP contribution in [0.15, 0.2) is 10.9 Å². The lowest BCUT2D eigenvalue weighted by atomic mass is 10.0. The van der Waals surface area contributed by atoms with Crippen LogP contribution in [0.4, 0.5) is 0 Å². The zero-order valence-electron chi connectivity index (χ0n) is 11.7. The minimum atomic E-state index is 0.361. The van der Waals surface area contributed by atoms with E-state index in [9.17, 15) is 0 Å². The summed E-state index contributed by atoms with van der Waals surface area (Å²) in [7, 11) is 0. The molecule has 2 unspecified atom stereocenters. The van der Waals surface area contributed by atoms with Gasteiger partial charge in [-0.3, -0.25) is 4.90 Å². The molecule has 3 nitrogen and oxygen atoms in total. The van der Waals surface area contributed by atoms with Crippen LogP contribution in [0.2, 0.25) is 0 Å². The minimum absolute atomic E-state index is 0.361. The standard InChI is InChI=1S/C14H25N3S/c1-11(2)14(17-6-4-5-7-17)8-15-12(3)13-9-18-10-16-13/h9-12,14-15H,4-8H2,1-3H3. The fourth-order valence-electron chi connectivity index (χ4n) is 2.70. The number of thiazole rings is 1. The predicted molar refractivity (Wildman–Crippen MR) is 78.0 cm³/mol. The first-order valence-corrected chi connectivity index (χ1v) is 7.98. The Morgan fingerprint density at radius 1 is 1.33 bits per heavy atom. The number of nitrogens with one attached hydrogen (secondary N) is 1. The Morgan fingerprint density at radius 3 is 2.61 bits per heavy atom. The van der Waals surface area contributed by atoms with Crippen molar-refractivity contribution >= 4 is 11.3 Å². The number of nitrogens with zero attached hydrogens (tertiary/aromatic N) is 2. The van der Waals surface area contributed by atoms with Gasteiger partial charge in [-0.1, -0.05) is 13.8 Å². The molecule has 18 heavy (non-hydrogen) atoms. The second-order valence-corrected chi connectivity index (χ2v) is 6.32. The molecule has 0 bridgehead atoms. The van der Waals surface area contributed by atoms with Gasteiger partial charge in [0.05, 0.1) is 11.2 Å². The van der Waals surface area contributed by atoms with Crippen LogP contribution in [-0.4, -0.2) is 35.6 Å². The molecule has 2 rings (SSSR count). The van der Waals surface area contributed by atoms with E-state index in [0.29, 0.717) is 18.0 Å². The molecule has 1 N–H and O–H groups in total. The second kappa shape index (κ2) is 6.64. The summed E-state index contributed by atoms with van der Waals surface area (Å²) in [4.78, 5) is 7.02. The third-order valence-electron chi connectivity index (χ3n) is 3.91. The Hall–Kier alpha value is -0.450. The molecule has 0 spiro atoms. The largest absolute Gasteiger partial charge is 0.307 e. The molecule has 0 radical (unpaired) electrons. The average molecular weight is 267 g/mol. The van der Waals surface area contributed by atoms with Gasteiger partial charge in [-0.2, -0.15) is 0 Å². The van der Waals surface area contributed by atoms with Crippen molar-refractivity contribution in [3.05, 3.63) is 16.6 Å². The van der Waals surface area contributed by atoms with Crippen molar-refractivity contribution < 1.29 is 0 Å². The number of aromatic nitrogens is 1. The second-order valence-electron chi connectivity index (χ2n) is 5.60. The van der Waals surface area contributed by atoms with E-state index in [4.69, 9.17) is 0 Å². The van der Waals surface area contributed by atoms with Crippen molar-refractivity contribution in [3.63, 3.8) is 0 Å². The molecule has 1 aliphatic rings. The molecule has 2 atom stereocenters. The fourth-order valence-corrected chi connectivity index (χ4v) is 3.35. The van der Waals surface area contributed by atoms with Crippen molar-refractivity contribution in [3.8, 4) is 0 Å². The van der Waals surface area contributed by atoms with Gasteiger partial charge >= 0.3 is 0 Å². The zero-order chi connectivity index (χ0) is 13.0. The Labute approximate surface area is 115 Å². The summed E-state index contributed by atoms with van der Waals surface area (Å²) in [5.41, 5.74) is 3.08. The zero-order valence-corrected chi connectivity index (χ0v) is 12.5. The maximum Gasteiger partial charge on any atom is 0.0795 e. The normalized spacial score (nSPS) is 20.4. The van der Waals surface area contributed by atoms with E-state index in [1.165, 1.54) is 31.6 Å². The molecular weight excluding hydrogens is 242 g/mol. The van der Waals surface area contributed by atoms with Crippen LogP contribution in [0.25, 0.3) is 0 Å². The highest BCUT2D eigenvalue weighted by molar-refractivity contribution is 7.07. The van der Waals surface area contributed by atoms with Crippen LogP contribution in [0, 0.1) is 5.92 Å². The van der Waals surface area contributed by atoms with Gasteiger partial charge in [-0.05, 0) is 38.8 Å². The number of hydrogen-bond donors (Lipinski definition) is 1. The summed E-state index contributed by atoms with van der Waals surface area (Å²) >= 11 is 1.67. The Kier molecular flexibility index (Phi) is 5.15. The summed E-state index contributed by atoms with van der Waals surface area (Å²) in [5.74, 6) is 0.707. The SMILES string of the molecule is CC(NCC(C(C)C)N1CCCC1)c1cscn1. The van der Waals surface area contributed by atoms with Gasteiger partial charge in [0.15, 0.2) is 0 Å². The third kappa shape index (κ3) is 3.53.